The number of rotatable bonds is 19. The van der Waals surface area contributed by atoms with Crippen LogP contribution in [0.25, 0.3) is 5.76 Å². The van der Waals surface area contributed by atoms with Gasteiger partial charge in [0.1, 0.15) is 17.3 Å². The summed E-state index contributed by atoms with van der Waals surface area (Å²) < 4.78 is 11.9. The predicted molar refractivity (Wildman–Crippen MR) is 173 cm³/mol. The van der Waals surface area contributed by atoms with Crippen molar-refractivity contribution in [3.05, 3.63) is 63.6 Å². The van der Waals surface area contributed by atoms with Gasteiger partial charge < -0.3 is 19.5 Å². The van der Waals surface area contributed by atoms with E-state index in [1.807, 2.05) is 0 Å². The molecule has 0 radical (unpaired) electrons. The van der Waals surface area contributed by atoms with E-state index in [0.717, 1.165) is 23.7 Å². The first-order chi connectivity index (χ1) is 20.4. The van der Waals surface area contributed by atoms with Crippen molar-refractivity contribution in [1.29, 1.82) is 0 Å². The Balaban J connectivity index is 1.63. The normalized spacial score (nSPS) is 16.3. The average molecular weight is 643 g/mol. The Morgan fingerprint density at radius 1 is 0.786 bits per heavy atom. The van der Waals surface area contributed by atoms with Crippen LogP contribution in [0.2, 0.25) is 0 Å². The molecule has 0 aromatic heterocycles. The number of Topliss-reactive ketones (excluding diaryl/α,β-unsaturated/α-hetero) is 1. The highest BCUT2D eigenvalue weighted by Gasteiger charge is 2.46. The van der Waals surface area contributed by atoms with Gasteiger partial charge in [0.05, 0.1) is 25.8 Å². The van der Waals surface area contributed by atoms with Gasteiger partial charge in [-0.25, -0.2) is 0 Å². The number of nitrogens with zero attached hydrogens (tertiary/aromatic N) is 1. The van der Waals surface area contributed by atoms with Crippen LogP contribution in [0.3, 0.4) is 0 Å². The van der Waals surface area contributed by atoms with Gasteiger partial charge in [0.15, 0.2) is 0 Å². The van der Waals surface area contributed by atoms with E-state index in [1.54, 1.807) is 61.6 Å². The zero-order valence-corrected chi connectivity index (χ0v) is 27.2. The molecule has 7 heteroatoms. The number of carbonyl (C=O) groups is 2. The van der Waals surface area contributed by atoms with Crippen molar-refractivity contribution in [2.45, 2.75) is 103 Å². The van der Waals surface area contributed by atoms with Gasteiger partial charge in [-0.1, -0.05) is 118 Å². The van der Waals surface area contributed by atoms with Gasteiger partial charge in [-0.15, -0.1) is 0 Å². The maximum absolute atomic E-state index is 13.4. The van der Waals surface area contributed by atoms with Crippen LogP contribution in [0.5, 0.6) is 11.5 Å². The molecule has 0 spiro atoms. The molecule has 0 unspecified atom stereocenters. The van der Waals surface area contributed by atoms with Gasteiger partial charge in [-0.3, -0.25) is 9.59 Å². The number of likely N-dealkylation sites (tertiary alicyclic amines) is 1. The lowest BCUT2D eigenvalue weighted by atomic mass is 9.94. The molecule has 2 aromatic rings. The minimum Gasteiger partial charge on any atom is -0.507 e. The highest BCUT2D eigenvalue weighted by molar-refractivity contribution is 9.10. The third kappa shape index (κ3) is 9.35. The van der Waals surface area contributed by atoms with Crippen LogP contribution < -0.4 is 9.47 Å². The molecular weight excluding hydrogens is 594 g/mol. The number of carbonyl (C=O) groups excluding carboxylic acids is 2. The number of amides is 1. The van der Waals surface area contributed by atoms with Crippen LogP contribution in [0.4, 0.5) is 0 Å². The molecule has 1 aliphatic heterocycles. The number of methoxy groups -OCH3 is 2. The molecule has 1 amide bonds. The number of aliphatic hydroxyl groups is 1. The first-order valence-electron chi connectivity index (χ1n) is 15.7. The highest BCUT2D eigenvalue weighted by Crippen LogP contribution is 2.44. The molecule has 3 rings (SSSR count). The maximum atomic E-state index is 13.4. The number of unbranched alkanes of at least 4 members (excludes halogenated alkanes) is 13. The highest BCUT2D eigenvalue weighted by atomic mass is 79.9. The van der Waals surface area contributed by atoms with Gasteiger partial charge in [0, 0.05) is 28.2 Å². The maximum Gasteiger partial charge on any atom is 0.295 e. The largest absolute Gasteiger partial charge is 0.507 e. The minimum absolute atomic E-state index is 0.0798. The van der Waals surface area contributed by atoms with E-state index < -0.39 is 17.7 Å². The Bertz CT molecular complexity index is 1180. The Morgan fingerprint density at radius 2 is 1.33 bits per heavy atom. The van der Waals surface area contributed by atoms with Gasteiger partial charge in [0.2, 0.25) is 0 Å². The SMILES string of the molecule is CCCCCCCCCCCCCCCCN1C(=O)C(=O)C(=C(O)c2ccc(Br)cc2)[C@@H]1c1ccc(OC)cc1OC. The van der Waals surface area contributed by atoms with Gasteiger partial charge in [-0.2, -0.15) is 0 Å². The van der Waals surface area contributed by atoms with Crippen LogP contribution in [-0.2, 0) is 9.59 Å². The third-order valence-corrected chi connectivity index (χ3v) is 8.67. The van der Waals surface area contributed by atoms with Crippen molar-refractivity contribution in [3.8, 4) is 11.5 Å². The number of benzene rings is 2. The zero-order valence-electron chi connectivity index (χ0n) is 25.6. The fraction of sp³-hybridized carbons (Fsp3) is 0.543. The first kappa shape index (κ1) is 33.7. The second kappa shape index (κ2) is 18.0. The van der Waals surface area contributed by atoms with Crippen LogP contribution >= 0.6 is 15.9 Å². The third-order valence-electron chi connectivity index (χ3n) is 8.15. The summed E-state index contributed by atoms with van der Waals surface area (Å²) in [7, 11) is 3.12. The Labute approximate surface area is 260 Å². The van der Waals surface area contributed by atoms with Crippen molar-refractivity contribution >= 4 is 33.4 Å². The minimum atomic E-state index is -0.753. The van der Waals surface area contributed by atoms with E-state index >= 15 is 0 Å². The summed E-state index contributed by atoms with van der Waals surface area (Å²) in [5, 5.41) is 11.3. The lowest BCUT2D eigenvalue weighted by Gasteiger charge is -2.27. The summed E-state index contributed by atoms with van der Waals surface area (Å²) in [6.07, 6.45) is 17.4. The fourth-order valence-electron chi connectivity index (χ4n) is 5.72. The predicted octanol–water partition coefficient (Wildman–Crippen LogP) is 9.37. The summed E-state index contributed by atoms with van der Waals surface area (Å²) >= 11 is 3.41. The molecule has 1 N–H and O–H groups in total. The molecule has 42 heavy (non-hydrogen) atoms. The lowest BCUT2D eigenvalue weighted by Crippen LogP contribution is -2.31. The summed E-state index contributed by atoms with van der Waals surface area (Å²) in [5.41, 5.74) is 1.20. The van der Waals surface area contributed by atoms with Crippen molar-refractivity contribution in [2.24, 2.45) is 0 Å². The summed E-state index contributed by atoms with van der Waals surface area (Å²) in [4.78, 5) is 28.3. The quantitative estimate of drug-likeness (QED) is 0.0715. The van der Waals surface area contributed by atoms with Crippen molar-refractivity contribution in [2.75, 3.05) is 20.8 Å². The van der Waals surface area contributed by atoms with Gasteiger partial charge in [-0.05, 0) is 30.7 Å². The van der Waals surface area contributed by atoms with Crippen LogP contribution in [0.1, 0.15) is 114 Å². The second-order valence-electron chi connectivity index (χ2n) is 11.2. The number of hydrogen-bond acceptors (Lipinski definition) is 5. The molecule has 230 valence electrons. The molecule has 1 aliphatic rings. The summed E-state index contributed by atoms with van der Waals surface area (Å²) in [5.74, 6) is -0.358. The van der Waals surface area contributed by atoms with Crippen molar-refractivity contribution in [3.63, 3.8) is 0 Å². The molecule has 0 saturated carbocycles. The molecule has 0 aliphatic carbocycles. The lowest BCUT2D eigenvalue weighted by molar-refractivity contribution is -0.139. The summed E-state index contributed by atoms with van der Waals surface area (Å²) in [6, 6.07) is 11.6. The second-order valence-corrected chi connectivity index (χ2v) is 12.1. The smallest absolute Gasteiger partial charge is 0.295 e. The topological polar surface area (TPSA) is 76.1 Å². The van der Waals surface area contributed by atoms with Crippen LogP contribution in [-0.4, -0.2) is 42.5 Å². The number of hydrogen-bond donors (Lipinski definition) is 1. The molecule has 0 bridgehead atoms. The monoisotopic (exact) mass is 641 g/mol. The molecule has 1 fully saturated rings. The fourth-order valence-corrected chi connectivity index (χ4v) is 5.98. The molecule has 1 heterocycles. The van der Waals surface area contributed by atoms with Crippen LogP contribution in [0.15, 0.2) is 52.5 Å². The zero-order chi connectivity index (χ0) is 30.3. The van der Waals surface area contributed by atoms with Gasteiger partial charge in [0.25, 0.3) is 11.7 Å². The standard InChI is InChI=1S/C35H48BrNO5/c1-4-5-6-7-8-9-10-11-12-13-14-15-16-17-24-37-32(29-23-22-28(41-2)25-30(29)42-3)31(34(39)35(37)40)33(38)26-18-20-27(36)21-19-26/h18-23,25,32,38H,4-17,24H2,1-3H3/t32-/m0/s1. The Kier molecular flexibility index (Phi) is 14.4. The van der Waals surface area contributed by atoms with E-state index in [9.17, 15) is 14.7 Å². The van der Waals surface area contributed by atoms with Crippen molar-refractivity contribution in [1.82, 2.24) is 4.90 Å². The summed E-state index contributed by atoms with van der Waals surface area (Å²) in [6.45, 7) is 2.69. The number of ether oxygens (including phenoxy) is 2. The van der Waals surface area contributed by atoms with E-state index in [2.05, 4.69) is 22.9 Å². The Hall–Kier alpha value is -2.80. The number of halogens is 1. The van der Waals surface area contributed by atoms with E-state index in [4.69, 9.17) is 9.47 Å². The van der Waals surface area contributed by atoms with E-state index in [1.165, 1.54) is 70.6 Å². The molecular formula is C35H48BrNO5. The van der Waals surface area contributed by atoms with Gasteiger partial charge >= 0.3 is 0 Å². The van der Waals surface area contributed by atoms with E-state index in [0.29, 0.717) is 29.2 Å². The number of aliphatic hydroxyl groups excluding tert-OH is 1. The molecule has 6 nitrogen and oxygen atoms in total. The average Bonchev–Trinajstić information content (AvgIpc) is 3.25. The Morgan fingerprint density at radius 3 is 1.86 bits per heavy atom. The molecule has 1 saturated heterocycles. The molecule has 1 atom stereocenters. The molecule has 2 aromatic carbocycles. The van der Waals surface area contributed by atoms with E-state index in [-0.39, 0.29) is 11.3 Å². The van der Waals surface area contributed by atoms with Crippen molar-refractivity contribution < 1.29 is 24.2 Å². The first-order valence-corrected chi connectivity index (χ1v) is 16.5. The number of ketones is 1. The van der Waals surface area contributed by atoms with Crippen LogP contribution in [0, 0.1) is 0 Å².